The highest BCUT2D eigenvalue weighted by atomic mass is 16.7. The van der Waals surface area contributed by atoms with Crippen LogP contribution in [0.2, 0.25) is 0 Å². The number of rotatable bonds is 12. The minimum Gasteiger partial charge on any atom is -0.457 e. The Labute approximate surface area is 181 Å². The van der Waals surface area contributed by atoms with Gasteiger partial charge in [0.25, 0.3) is 0 Å². The quantitative estimate of drug-likeness (QED) is 0.240. The lowest BCUT2D eigenvalue weighted by atomic mass is 9.96. The number of hydrogen-bond donors (Lipinski definition) is 0. The molecule has 0 radical (unpaired) electrons. The molecule has 0 aromatic heterocycles. The van der Waals surface area contributed by atoms with Crippen LogP contribution in [0, 0.1) is 0 Å². The van der Waals surface area contributed by atoms with Gasteiger partial charge in [0.1, 0.15) is 11.5 Å². The zero-order valence-electron chi connectivity index (χ0n) is 18.5. The van der Waals surface area contributed by atoms with Crippen LogP contribution in [-0.2, 0) is 11.3 Å². The number of hydrogen-bond acceptors (Lipinski definition) is 4. The second-order valence-corrected chi connectivity index (χ2v) is 8.10. The van der Waals surface area contributed by atoms with Gasteiger partial charge in [0.15, 0.2) is 0 Å². The minimum atomic E-state index is -0.277. The topological polar surface area (TPSA) is 38.8 Å². The van der Waals surface area contributed by atoms with Crippen molar-refractivity contribution in [3.8, 4) is 11.5 Å². The van der Waals surface area contributed by atoms with E-state index >= 15 is 0 Å². The van der Waals surface area contributed by atoms with E-state index in [1.165, 1.54) is 38.5 Å². The van der Waals surface area contributed by atoms with E-state index in [9.17, 15) is 4.79 Å². The van der Waals surface area contributed by atoms with Gasteiger partial charge in [-0.25, -0.2) is 4.79 Å². The van der Waals surface area contributed by atoms with Crippen LogP contribution in [0.15, 0.2) is 42.5 Å². The van der Waals surface area contributed by atoms with Crippen molar-refractivity contribution < 1.29 is 14.4 Å². The van der Waals surface area contributed by atoms with E-state index in [1.54, 1.807) is 0 Å². The number of benzene rings is 2. The zero-order valence-corrected chi connectivity index (χ0v) is 18.5. The van der Waals surface area contributed by atoms with Crippen LogP contribution < -0.4 is 4.74 Å². The molecule has 1 aliphatic rings. The number of nitrogens with zero attached hydrogens (tertiary/aromatic N) is 1. The average Bonchev–Trinajstić information content (AvgIpc) is 2.77. The molecule has 0 N–H and O–H groups in total. The number of ether oxygens (including phenoxy) is 1. The molecule has 4 heteroatoms. The van der Waals surface area contributed by atoms with E-state index in [1.807, 2.05) is 47.5 Å². The lowest BCUT2D eigenvalue weighted by Crippen LogP contribution is -2.30. The number of hydroxylamine groups is 2. The van der Waals surface area contributed by atoms with Gasteiger partial charge in [-0.15, -0.1) is 5.06 Å². The summed E-state index contributed by atoms with van der Waals surface area (Å²) in [5, 5.41) is 1.88. The highest BCUT2D eigenvalue weighted by Gasteiger charge is 2.24. The van der Waals surface area contributed by atoms with Crippen molar-refractivity contribution in [2.24, 2.45) is 0 Å². The first kappa shape index (κ1) is 22.4. The van der Waals surface area contributed by atoms with Crippen LogP contribution >= 0.6 is 0 Å². The van der Waals surface area contributed by atoms with Crippen LogP contribution in [-0.4, -0.2) is 24.1 Å². The monoisotopic (exact) mass is 409 g/mol. The standard InChI is InChI=1S/C26H35NO3/c1-3-5-7-11-18-27(19-12-8-6-4-2)30-26(28)22-15-13-17-25-23(22)20-21-14-9-10-16-24(21)29-25/h9-10,13-17H,3-8,11-12,18-20H2,1-2H3. The molecule has 0 unspecified atom stereocenters. The van der Waals surface area contributed by atoms with Crippen molar-refractivity contribution in [2.75, 3.05) is 13.1 Å². The molecule has 1 heterocycles. The largest absolute Gasteiger partial charge is 0.457 e. The number of para-hydroxylation sites is 1. The number of fused-ring (bicyclic) bond motifs is 2. The Kier molecular flexibility index (Phi) is 8.76. The molecule has 30 heavy (non-hydrogen) atoms. The average molecular weight is 410 g/mol. The van der Waals surface area contributed by atoms with E-state index < -0.39 is 0 Å². The molecule has 4 nitrogen and oxygen atoms in total. The maximum atomic E-state index is 13.1. The van der Waals surface area contributed by atoms with Gasteiger partial charge in [-0.2, -0.15) is 0 Å². The molecule has 0 amide bonds. The van der Waals surface area contributed by atoms with Crippen LogP contribution in [0.1, 0.15) is 86.7 Å². The molecule has 1 aliphatic heterocycles. The lowest BCUT2D eigenvalue weighted by Gasteiger charge is -2.24. The predicted molar refractivity (Wildman–Crippen MR) is 121 cm³/mol. The first-order chi connectivity index (χ1) is 14.7. The fourth-order valence-corrected chi connectivity index (χ4v) is 3.89. The first-order valence-corrected chi connectivity index (χ1v) is 11.6. The van der Waals surface area contributed by atoms with Gasteiger partial charge in [0.2, 0.25) is 0 Å². The molecule has 0 saturated carbocycles. The molecule has 0 spiro atoms. The Balaban J connectivity index is 1.67. The van der Waals surface area contributed by atoms with Crippen LogP contribution in [0.4, 0.5) is 0 Å². The summed E-state index contributed by atoms with van der Waals surface area (Å²) in [6.07, 6.45) is 9.99. The number of unbranched alkanes of at least 4 members (excludes halogenated alkanes) is 6. The molecule has 0 bridgehead atoms. The number of carbonyl (C=O) groups excluding carboxylic acids is 1. The van der Waals surface area contributed by atoms with Crippen molar-refractivity contribution in [3.63, 3.8) is 0 Å². The van der Waals surface area contributed by atoms with E-state index in [0.29, 0.717) is 12.0 Å². The third-order valence-corrected chi connectivity index (χ3v) is 5.65. The van der Waals surface area contributed by atoms with Crippen molar-refractivity contribution in [1.29, 1.82) is 0 Å². The second kappa shape index (κ2) is 11.8. The normalized spacial score (nSPS) is 12.2. The molecule has 0 aliphatic carbocycles. The van der Waals surface area contributed by atoms with Crippen molar-refractivity contribution in [3.05, 3.63) is 59.2 Å². The summed E-state index contributed by atoms with van der Waals surface area (Å²) in [5.41, 5.74) is 2.62. The second-order valence-electron chi connectivity index (χ2n) is 8.10. The molecule has 162 valence electrons. The lowest BCUT2D eigenvalue weighted by molar-refractivity contribution is -0.111. The van der Waals surface area contributed by atoms with Gasteiger partial charge in [-0.3, -0.25) is 0 Å². The summed E-state index contributed by atoms with van der Waals surface area (Å²) in [5.74, 6) is 1.34. The summed E-state index contributed by atoms with van der Waals surface area (Å²) in [7, 11) is 0. The summed E-state index contributed by atoms with van der Waals surface area (Å²) in [4.78, 5) is 19.0. The Hall–Kier alpha value is -2.33. The molecule has 0 saturated heterocycles. The smallest absolute Gasteiger partial charge is 0.357 e. The van der Waals surface area contributed by atoms with E-state index in [0.717, 1.165) is 48.6 Å². The molecule has 2 aromatic carbocycles. The fourth-order valence-electron chi connectivity index (χ4n) is 3.89. The Morgan fingerprint density at radius 2 is 1.53 bits per heavy atom. The van der Waals surface area contributed by atoms with Crippen LogP contribution in [0.25, 0.3) is 0 Å². The summed E-state index contributed by atoms with van der Waals surface area (Å²) in [6, 6.07) is 13.6. The third kappa shape index (κ3) is 6.09. The number of carbonyl (C=O) groups is 1. The van der Waals surface area contributed by atoms with Gasteiger partial charge in [-0.05, 0) is 36.6 Å². The van der Waals surface area contributed by atoms with E-state index in [2.05, 4.69) is 13.8 Å². The fraction of sp³-hybridized carbons (Fsp3) is 0.500. The van der Waals surface area contributed by atoms with Gasteiger partial charge >= 0.3 is 5.97 Å². The van der Waals surface area contributed by atoms with Gasteiger partial charge < -0.3 is 9.57 Å². The maximum Gasteiger partial charge on any atom is 0.357 e. The third-order valence-electron chi connectivity index (χ3n) is 5.65. The zero-order chi connectivity index (χ0) is 21.2. The van der Waals surface area contributed by atoms with E-state index in [4.69, 9.17) is 9.57 Å². The maximum absolute atomic E-state index is 13.1. The Morgan fingerprint density at radius 3 is 2.23 bits per heavy atom. The molecular weight excluding hydrogens is 374 g/mol. The van der Waals surface area contributed by atoms with Gasteiger partial charge in [-0.1, -0.05) is 76.6 Å². The van der Waals surface area contributed by atoms with Crippen molar-refractivity contribution in [2.45, 2.75) is 71.6 Å². The van der Waals surface area contributed by atoms with Crippen LogP contribution in [0.3, 0.4) is 0 Å². The van der Waals surface area contributed by atoms with Crippen molar-refractivity contribution >= 4 is 5.97 Å². The van der Waals surface area contributed by atoms with Crippen molar-refractivity contribution in [1.82, 2.24) is 5.06 Å². The molecule has 0 atom stereocenters. The molecule has 0 fully saturated rings. The molecular formula is C26H35NO3. The first-order valence-electron chi connectivity index (χ1n) is 11.6. The Morgan fingerprint density at radius 1 is 0.867 bits per heavy atom. The highest BCUT2D eigenvalue weighted by Crippen LogP contribution is 2.38. The molecule has 2 aromatic rings. The van der Waals surface area contributed by atoms with Gasteiger partial charge in [0, 0.05) is 25.1 Å². The minimum absolute atomic E-state index is 0.277. The summed E-state index contributed by atoms with van der Waals surface area (Å²) < 4.78 is 6.04. The van der Waals surface area contributed by atoms with Crippen LogP contribution in [0.5, 0.6) is 11.5 Å². The molecule has 3 rings (SSSR count). The predicted octanol–water partition coefficient (Wildman–Crippen LogP) is 6.92. The summed E-state index contributed by atoms with van der Waals surface area (Å²) in [6.45, 7) is 6.01. The SMILES string of the molecule is CCCCCCN(CCCCCC)OC(=O)c1cccc2c1Cc1ccccc1O2. The van der Waals surface area contributed by atoms with Gasteiger partial charge in [0.05, 0.1) is 5.56 Å². The highest BCUT2D eigenvalue weighted by molar-refractivity contribution is 5.92. The Bertz CT molecular complexity index is 806. The van der Waals surface area contributed by atoms with E-state index in [-0.39, 0.29) is 5.97 Å². The summed E-state index contributed by atoms with van der Waals surface area (Å²) >= 11 is 0.